The Morgan fingerprint density at radius 2 is 1.22 bits per heavy atom. The van der Waals surface area contributed by atoms with Crippen molar-refractivity contribution in [3.63, 3.8) is 0 Å². The topological polar surface area (TPSA) is 37.3 Å². The summed E-state index contributed by atoms with van der Waals surface area (Å²) in [7, 11) is 0. The molecule has 0 rings (SSSR count). The average molecular weight is 310 g/mol. The lowest BCUT2D eigenvalue weighted by molar-refractivity contribution is -0.136. The Morgan fingerprint density at radius 1 is 0.696 bits per heavy atom. The van der Waals surface area contributed by atoms with Crippen molar-refractivity contribution < 1.29 is 9.90 Å². The molecule has 23 heavy (non-hydrogen) atoms. The normalized spacial score (nSPS) is 8.22. The Balaban J connectivity index is 3.53. The highest BCUT2D eigenvalue weighted by atomic mass is 16.4. The van der Waals surface area contributed by atoms with Crippen molar-refractivity contribution in [1.29, 1.82) is 0 Å². The van der Waals surface area contributed by atoms with E-state index in [0.717, 1.165) is 32.1 Å². The standard InChI is InChI=1S/C21H26O2/c1-2-3-4-5-6-7-8-9-10-11-12-13-14-15-16-17-18-19-20-21(22)23/h2-6,9-12,19-20H2,1H3,(H,22,23). The summed E-state index contributed by atoms with van der Waals surface area (Å²) in [6.45, 7) is 2.22. The Morgan fingerprint density at radius 3 is 1.78 bits per heavy atom. The highest BCUT2D eigenvalue weighted by Crippen LogP contribution is 2.02. The van der Waals surface area contributed by atoms with Crippen LogP contribution in [0.25, 0.3) is 0 Å². The number of carbonyl (C=O) groups is 1. The fourth-order valence-corrected chi connectivity index (χ4v) is 1.69. The van der Waals surface area contributed by atoms with Crippen LogP contribution >= 0.6 is 0 Å². The van der Waals surface area contributed by atoms with E-state index in [-0.39, 0.29) is 6.42 Å². The zero-order valence-corrected chi connectivity index (χ0v) is 14.1. The van der Waals surface area contributed by atoms with E-state index in [9.17, 15) is 4.79 Å². The molecule has 0 radical (unpaired) electrons. The molecule has 0 aliphatic carbocycles. The molecule has 122 valence electrons. The first-order valence-electron chi connectivity index (χ1n) is 8.40. The van der Waals surface area contributed by atoms with E-state index in [1.165, 1.54) is 25.7 Å². The lowest BCUT2D eigenvalue weighted by Gasteiger charge is -1.92. The smallest absolute Gasteiger partial charge is 0.304 e. The molecule has 0 atom stereocenters. The Hall–Kier alpha value is -2.29. The van der Waals surface area contributed by atoms with Gasteiger partial charge in [-0.1, -0.05) is 38.0 Å². The maximum atomic E-state index is 10.2. The van der Waals surface area contributed by atoms with Crippen molar-refractivity contribution >= 4 is 5.97 Å². The molecular formula is C21H26O2. The van der Waals surface area contributed by atoms with Crippen LogP contribution in [0.1, 0.15) is 77.6 Å². The first kappa shape index (κ1) is 20.7. The van der Waals surface area contributed by atoms with E-state index < -0.39 is 5.97 Å². The molecule has 0 aromatic heterocycles. The first-order valence-corrected chi connectivity index (χ1v) is 8.40. The minimum absolute atomic E-state index is 0.0575. The van der Waals surface area contributed by atoms with Crippen molar-refractivity contribution in [3.05, 3.63) is 0 Å². The van der Waals surface area contributed by atoms with E-state index >= 15 is 0 Å². The summed E-state index contributed by atoms with van der Waals surface area (Å²) in [6, 6.07) is 0. The van der Waals surface area contributed by atoms with Crippen LogP contribution in [0.5, 0.6) is 0 Å². The zero-order chi connectivity index (χ0) is 17.0. The molecule has 0 bridgehead atoms. The zero-order valence-electron chi connectivity index (χ0n) is 14.1. The monoisotopic (exact) mass is 310 g/mol. The largest absolute Gasteiger partial charge is 0.481 e. The molecule has 0 aliphatic rings. The van der Waals surface area contributed by atoms with Gasteiger partial charge in [0.1, 0.15) is 0 Å². The van der Waals surface area contributed by atoms with Crippen molar-refractivity contribution in [2.45, 2.75) is 77.6 Å². The van der Waals surface area contributed by atoms with Crippen molar-refractivity contribution in [1.82, 2.24) is 0 Å². The Labute approximate surface area is 141 Å². The van der Waals surface area contributed by atoms with Crippen LogP contribution in [0.2, 0.25) is 0 Å². The maximum Gasteiger partial charge on any atom is 0.304 e. The fraction of sp³-hybridized carbons (Fsp3) is 0.571. The summed E-state index contributed by atoms with van der Waals surface area (Å²) in [5, 5.41) is 8.41. The molecule has 0 unspecified atom stereocenters. The van der Waals surface area contributed by atoms with Crippen LogP contribution in [-0.4, -0.2) is 11.1 Å². The molecule has 2 heteroatoms. The van der Waals surface area contributed by atoms with Crippen LogP contribution in [-0.2, 0) is 4.79 Å². The molecule has 0 aliphatic heterocycles. The maximum absolute atomic E-state index is 10.2. The summed E-state index contributed by atoms with van der Waals surface area (Å²) in [5.41, 5.74) is 0. The molecule has 2 nitrogen and oxygen atoms in total. The predicted molar refractivity (Wildman–Crippen MR) is 95.2 cm³/mol. The van der Waals surface area contributed by atoms with Gasteiger partial charge in [0.2, 0.25) is 0 Å². The van der Waals surface area contributed by atoms with Crippen molar-refractivity contribution in [3.8, 4) is 47.4 Å². The summed E-state index contributed by atoms with van der Waals surface area (Å²) in [4.78, 5) is 10.2. The van der Waals surface area contributed by atoms with Gasteiger partial charge in [-0.05, 0) is 42.9 Å². The molecule has 0 aromatic carbocycles. The van der Waals surface area contributed by atoms with Crippen LogP contribution < -0.4 is 0 Å². The number of carboxylic acids is 1. The van der Waals surface area contributed by atoms with Crippen LogP contribution in [0.4, 0.5) is 0 Å². The number of carboxylic acid groups (broad SMARTS) is 1. The number of hydrogen-bond acceptors (Lipinski definition) is 1. The molecule has 1 N–H and O–H groups in total. The quantitative estimate of drug-likeness (QED) is 0.506. The minimum atomic E-state index is -0.840. The molecule has 0 fully saturated rings. The fourth-order valence-electron chi connectivity index (χ4n) is 1.69. The number of hydrogen-bond donors (Lipinski definition) is 1. The molecule has 0 amide bonds. The van der Waals surface area contributed by atoms with Gasteiger partial charge in [-0.2, -0.15) is 0 Å². The molecule has 0 spiro atoms. The second kappa shape index (κ2) is 17.8. The summed E-state index contributed by atoms with van der Waals surface area (Å²) in [6.07, 6.45) is 10.4. The number of aliphatic carboxylic acids is 1. The highest BCUT2D eigenvalue weighted by Gasteiger charge is 1.90. The second-order valence-electron chi connectivity index (χ2n) is 5.12. The minimum Gasteiger partial charge on any atom is -0.481 e. The number of rotatable bonds is 9. The Kier molecular flexibility index (Phi) is 16.0. The van der Waals surface area contributed by atoms with Crippen LogP contribution in [0.3, 0.4) is 0 Å². The summed E-state index contributed by atoms with van der Waals surface area (Å²) in [5.74, 6) is 21.9. The van der Waals surface area contributed by atoms with Gasteiger partial charge in [0, 0.05) is 25.7 Å². The van der Waals surface area contributed by atoms with Gasteiger partial charge < -0.3 is 5.11 Å². The van der Waals surface area contributed by atoms with Crippen LogP contribution in [0.15, 0.2) is 0 Å². The molecular weight excluding hydrogens is 284 g/mol. The highest BCUT2D eigenvalue weighted by molar-refractivity contribution is 5.67. The lowest BCUT2D eigenvalue weighted by atomic mass is 10.1. The third kappa shape index (κ3) is 19.7. The first-order chi connectivity index (χ1) is 11.3. The van der Waals surface area contributed by atoms with Gasteiger partial charge in [0.15, 0.2) is 0 Å². The van der Waals surface area contributed by atoms with Gasteiger partial charge in [0.25, 0.3) is 0 Å². The van der Waals surface area contributed by atoms with E-state index in [1.807, 2.05) is 0 Å². The van der Waals surface area contributed by atoms with Gasteiger partial charge in [-0.25, -0.2) is 0 Å². The Bertz CT molecular complexity index is 556. The average Bonchev–Trinajstić information content (AvgIpc) is 2.53. The van der Waals surface area contributed by atoms with E-state index in [2.05, 4.69) is 54.3 Å². The van der Waals surface area contributed by atoms with Gasteiger partial charge >= 0.3 is 5.97 Å². The predicted octanol–water partition coefficient (Wildman–Crippen LogP) is 4.40. The summed E-state index contributed by atoms with van der Waals surface area (Å²) >= 11 is 0. The third-order valence-corrected chi connectivity index (χ3v) is 2.96. The van der Waals surface area contributed by atoms with E-state index in [0.29, 0.717) is 6.42 Å². The summed E-state index contributed by atoms with van der Waals surface area (Å²) < 4.78 is 0. The van der Waals surface area contributed by atoms with E-state index in [4.69, 9.17) is 5.11 Å². The molecule has 0 aromatic rings. The molecule has 0 saturated carbocycles. The molecule has 0 heterocycles. The van der Waals surface area contributed by atoms with Gasteiger partial charge in [0.05, 0.1) is 6.42 Å². The third-order valence-electron chi connectivity index (χ3n) is 2.96. The van der Waals surface area contributed by atoms with Crippen molar-refractivity contribution in [2.24, 2.45) is 0 Å². The van der Waals surface area contributed by atoms with Gasteiger partial charge in [-0.3, -0.25) is 4.79 Å². The van der Waals surface area contributed by atoms with Gasteiger partial charge in [-0.15, -0.1) is 11.8 Å². The molecule has 0 saturated heterocycles. The lowest BCUT2D eigenvalue weighted by Crippen LogP contribution is -1.91. The SMILES string of the molecule is CCCCCCC#CCCCCC#CC#CC#CCCC(=O)O. The van der Waals surface area contributed by atoms with Crippen LogP contribution in [0, 0.1) is 47.4 Å². The number of unbranched alkanes of at least 4 members (excludes halogenated alkanes) is 7. The van der Waals surface area contributed by atoms with E-state index in [1.54, 1.807) is 0 Å². The second-order valence-corrected chi connectivity index (χ2v) is 5.12. The van der Waals surface area contributed by atoms with Crippen molar-refractivity contribution in [2.75, 3.05) is 0 Å².